The highest BCUT2D eigenvalue weighted by atomic mass is 19.1. The zero-order chi connectivity index (χ0) is 14.5. The molecule has 1 aliphatic rings. The van der Waals surface area contributed by atoms with Crippen LogP contribution in [-0.2, 0) is 4.79 Å². The summed E-state index contributed by atoms with van der Waals surface area (Å²) < 4.78 is 13.0. The lowest BCUT2D eigenvalue weighted by Crippen LogP contribution is -2.38. The molecule has 1 aromatic rings. The minimum Gasteiger partial charge on any atom is -0.348 e. The third-order valence-corrected chi connectivity index (χ3v) is 3.63. The van der Waals surface area contributed by atoms with E-state index in [9.17, 15) is 9.18 Å². The third-order valence-electron chi connectivity index (χ3n) is 3.63. The van der Waals surface area contributed by atoms with Crippen molar-refractivity contribution >= 4 is 5.91 Å². The normalized spacial score (nSPS) is 16.2. The number of hydrogen-bond acceptors (Lipinski definition) is 2. The van der Waals surface area contributed by atoms with Crippen LogP contribution < -0.4 is 10.6 Å². The van der Waals surface area contributed by atoms with Gasteiger partial charge in [0.15, 0.2) is 0 Å². The molecule has 110 valence electrons. The molecule has 2 rings (SSSR count). The number of nitrogens with one attached hydrogen (secondary N) is 2. The van der Waals surface area contributed by atoms with Crippen molar-refractivity contribution in [1.29, 1.82) is 0 Å². The lowest BCUT2D eigenvalue weighted by Gasteiger charge is -2.23. The van der Waals surface area contributed by atoms with Gasteiger partial charge < -0.3 is 10.6 Å². The predicted molar refractivity (Wildman–Crippen MR) is 77.7 cm³/mol. The molecule has 1 aromatic carbocycles. The molecular weight excluding hydrogens is 255 g/mol. The highest BCUT2D eigenvalue weighted by Gasteiger charge is 2.21. The molecule has 0 bridgehead atoms. The Hall–Kier alpha value is -1.42. The molecule has 3 nitrogen and oxygen atoms in total. The standard InChI is InChI=1S/C16H23FN2O/c1-11(2)16(13-5-7-14(17)8-6-13)19-15(20)10-18-9-12-3-4-12/h5-8,11-12,16,18H,3-4,9-10H2,1-2H3,(H,19,20). The van der Waals surface area contributed by atoms with E-state index in [1.165, 1.54) is 25.0 Å². The second-order valence-electron chi connectivity index (χ2n) is 5.92. The summed E-state index contributed by atoms with van der Waals surface area (Å²) in [4.78, 5) is 12.0. The van der Waals surface area contributed by atoms with E-state index in [1.54, 1.807) is 12.1 Å². The molecule has 0 radical (unpaired) electrons. The van der Waals surface area contributed by atoms with E-state index in [2.05, 4.69) is 10.6 Å². The zero-order valence-corrected chi connectivity index (χ0v) is 12.2. The number of carbonyl (C=O) groups excluding carboxylic acids is 1. The molecule has 1 atom stereocenters. The monoisotopic (exact) mass is 278 g/mol. The van der Waals surface area contributed by atoms with Crippen molar-refractivity contribution in [2.24, 2.45) is 11.8 Å². The molecule has 0 aromatic heterocycles. The summed E-state index contributed by atoms with van der Waals surface area (Å²) in [6, 6.07) is 6.26. The van der Waals surface area contributed by atoms with Crippen LogP contribution in [0.4, 0.5) is 4.39 Å². The highest BCUT2D eigenvalue weighted by molar-refractivity contribution is 5.78. The number of rotatable bonds is 7. The maximum atomic E-state index is 13.0. The fourth-order valence-electron chi connectivity index (χ4n) is 2.24. The topological polar surface area (TPSA) is 41.1 Å². The Kier molecular flexibility index (Phi) is 5.12. The largest absolute Gasteiger partial charge is 0.348 e. The van der Waals surface area contributed by atoms with Crippen LogP contribution in [0.1, 0.15) is 38.3 Å². The van der Waals surface area contributed by atoms with Gasteiger partial charge >= 0.3 is 0 Å². The van der Waals surface area contributed by atoms with Gasteiger partial charge in [0.25, 0.3) is 0 Å². The molecule has 20 heavy (non-hydrogen) atoms. The van der Waals surface area contributed by atoms with Crippen molar-refractivity contribution in [2.45, 2.75) is 32.7 Å². The number of carbonyl (C=O) groups is 1. The molecule has 2 N–H and O–H groups in total. The van der Waals surface area contributed by atoms with E-state index in [4.69, 9.17) is 0 Å². The van der Waals surface area contributed by atoms with E-state index in [1.807, 2.05) is 13.8 Å². The molecule has 1 saturated carbocycles. The van der Waals surface area contributed by atoms with Crippen molar-refractivity contribution in [3.8, 4) is 0 Å². The van der Waals surface area contributed by atoms with E-state index in [-0.39, 0.29) is 23.7 Å². The molecule has 1 aliphatic carbocycles. The fraction of sp³-hybridized carbons (Fsp3) is 0.562. The smallest absolute Gasteiger partial charge is 0.234 e. The van der Waals surface area contributed by atoms with Crippen LogP contribution in [0.3, 0.4) is 0 Å². The van der Waals surface area contributed by atoms with Crippen molar-refractivity contribution in [1.82, 2.24) is 10.6 Å². The van der Waals surface area contributed by atoms with Crippen LogP contribution in [0.15, 0.2) is 24.3 Å². The lowest BCUT2D eigenvalue weighted by molar-refractivity contribution is -0.121. The van der Waals surface area contributed by atoms with Crippen molar-refractivity contribution in [3.05, 3.63) is 35.6 Å². The van der Waals surface area contributed by atoms with Gasteiger partial charge in [-0.15, -0.1) is 0 Å². The molecule has 1 unspecified atom stereocenters. The first-order chi connectivity index (χ1) is 9.56. The Morgan fingerprint density at radius 1 is 1.30 bits per heavy atom. The lowest BCUT2D eigenvalue weighted by atomic mass is 9.96. The maximum absolute atomic E-state index is 13.0. The van der Waals surface area contributed by atoms with Gasteiger partial charge in [-0.1, -0.05) is 26.0 Å². The number of amides is 1. The Labute approximate surface area is 120 Å². The molecule has 0 saturated heterocycles. The minimum absolute atomic E-state index is 0.00586. The molecule has 0 heterocycles. The van der Waals surface area contributed by atoms with Gasteiger partial charge in [-0.05, 0) is 48.9 Å². The second-order valence-corrected chi connectivity index (χ2v) is 5.92. The van der Waals surface area contributed by atoms with Crippen LogP contribution in [0.5, 0.6) is 0 Å². The number of hydrogen-bond donors (Lipinski definition) is 2. The van der Waals surface area contributed by atoms with E-state index in [0.717, 1.165) is 18.0 Å². The highest BCUT2D eigenvalue weighted by Crippen LogP contribution is 2.27. The summed E-state index contributed by atoms with van der Waals surface area (Å²) in [6.45, 7) is 5.37. The predicted octanol–water partition coefficient (Wildman–Crippen LogP) is 2.64. The first-order valence-corrected chi connectivity index (χ1v) is 7.32. The average Bonchev–Trinajstić information content (AvgIpc) is 3.21. The van der Waals surface area contributed by atoms with Gasteiger partial charge in [-0.3, -0.25) is 4.79 Å². The Morgan fingerprint density at radius 2 is 1.95 bits per heavy atom. The maximum Gasteiger partial charge on any atom is 0.234 e. The van der Waals surface area contributed by atoms with Gasteiger partial charge in [-0.25, -0.2) is 4.39 Å². The molecule has 1 fully saturated rings. The summed E-state index contributed by atoms with van der Waals surface area (Å²) in [6.07, 6.45) is 2.55. The average molecular weight is 278 g/mol. The van der Waals surface area contributed by atoms with E-state index >= 15 is 0 Å². The van der Waals surface area contributed by atoms with Crippen LogP contribution in [0.2, 0.25) is 0 Å². The first kappa shape index (κ1) is 15.0. The molecule has 0 aliphatic heterocycles. The van der Waals surface area contributed by atoms with Gasteiger partial charge in [0, 0.05) is 0 Å². The van der Waals surface area contributed by atoms with Gasteiger partial charge in [-0.2, -0.15) is 0 Å². The number of benzene rings is 1. The zero-order valence-electron chi connectivity index (χ0n) is 12.2. The number of halogens is 1. The van der Waals surface area contributed by atoms with Gasteiger partial charge in [0.05, 0.1) is 12.6 Å². The van der Waals surface area contributed by atoms with Crippen molar-refractivity contribution in [2.75, 3.05) is 13.1 Å². The van der Waals surface area contributed by atoms with Crippen molar-refractivity contribution < 1.29 is 9.18 Å². The van der Waals surface area contributed by atoms with Crippen LogP contribution in [0, 0.1) is 17.7 Å². The molecule has 4 heteroatoms. The Balaban J connectivity index is 1.87. The van der Waals surface area contributed by atoms with Gasteiger partial charge in [0.1, 0.15) is 5.82 Å². The SMILES string of the molecule is CC(C)C(NC(=O)CNCC1CC1)c1ccc(F)cc1. The molecule has 0 spiro atoms. The summed E-state index contributed by atoms with van der Waals surface area (Å²) in [5.74, 6) is 0.760. The second kappa shape index (κ2) is 6.84. The Bertz CT molecular complexity index is 440. The van der Waals surface area contributed by atoms with Crippen LogP contribution in [0.25, 0.3) is 0 Å². The summed E-state index contributed by atoms with van der Waals surface area (Å²) in [5, 5.41) is 6.20. The fourth-order valence-corrected chi connectivity index (χ4v) is 2.24. The first-order valence-electron chi connectivity index (χ1n) is 7.32. The summed E-state index contributed by atoms with van der Waals surface area (Å²) in [7, 11) is 0. The third kappa shape index (κ3) is 4.60. The van der Waals surface area contributed by atoms with Crippen LogP contribution in [-0.4, -0.2) is 19.0 Å². The van der Waals surface area contributed by atoms with Crippen molar-refractivity contribution in [3.63, 3.8) is 0 Å². The summed E-state index contributed by atoms with van der Waals surface area (Å²) >= 11 is 0. The molecular formula is C16H23FN2O. The van der Waals surface area contributed by atoms with Gasteiger partial charge in [0.2, 0.25) is 5.91 Å². The summed E-state index contributed by atoms with van der Waals surface area (Å²) in [5.41, 5.74) is 0.942. The minimum atomic E-state index is -0.256. The molecule has 1 amide bonds. The quantitative estimate of drug-likeness (QED) is 0.805. The van der Waals surface area contributed by atoms with E-state index in [0.29, 0.717) is 6.54 Å². The van der Waals surface area contributed by atoms with E-state index < -0.39 is 0 Å². The van der Waals surface area contributed by atoms with Crippen LogP contribution >= 0.6 is 0 Å². The Morgan fingerprint density at radius 3 is 2.50 bits per heavy atom.